The van der Waals surface area contributed by atoms with Crippen LogP contribution in [0.25, 0.3) is 11.3 Å². The maximum absolute atomic E-state index is 13.9. The quantitative estimate of drug-likeness (QED) is 0.178. The minimum absolute atomic E-state index is 0.00863. The van der Waals surface area contributed by atoms with Crippen molar-refractivity contribution in [1.29, 1.82) is 0 Å². The average Bonchev–Trinajstić information content (AvgIpc) is 3.41. The first kappa shape index (κ1) is 29.6. The van der Waals surface area contributed by atoms with Crippen LogP contribution in [0.2, 0.25) is 0 Å². The number of amides is 1. The summed E-state index contributed by atoms with van der Waals surface area (Å²) in [5, 5.41) is 21.4. The van der Waals surface area contributed by atoms with Gasteiger partial charge in [0.25, 0.3) is 5.91 Å². The summed E-state index contributed by atoms with van der Waals surface area (Å²) in [6.07, 6.45) is -0.570. The van der Waals surface area contributed by atoms with Gasteiger partial charge >= 0.3 is 6.18 Å². The number of aliphatic hydroxyl groups is 1. The lowest BCUT2D eigenvalue weighted by molar-refractivity contribution is -0.137. The predicted octanol–water partition coefficient (Wildman–Crippen LogP) is 5.02. The maximum atomic E-state index is 13.9. The number of benzene rings is 1. The van der Waals surface area contributed by atoms with E-state index in [1.54, 1.807) is 47.4 Å². The van der Waals surface area contributed by atoms with Crippen molar-refractivity contribution in [1.82, 2.24) is 30.0 Å². The number of carbonyl (C=O) groups is 1. The van der Waals surface area contributed by atoms with Crippen molar-refractivity contribution in [2.45, 2.75) is 25.8 Å². The fourth-order valence-electron chi connectivity index (χ4n) is 3.75. The number of hydrogen-bond acceptors (Lipinski definition) is 9. The number of nitrogens with one attached hydrogen (secondary N) is 3. The molecule has 0 bridgehead atoms. The van der Waals surface area contributed by atoms with Crippen LogP contribution in [-0.4, -0.2) is 49.4 Å². The van der Waals surface area contributed by atoms with Gasteiger partial charge in [-0.2, -0.15) is 23.3 Å². The SMILES string of the molecule is CNC(=O)c1nc(-c2cnn(C[C@@H](C)CO)c2)ccc1Nc1nc(Nc2ccc(CP=O)cc2)ncc1C(F)(F)F. The van der Waals surface area contributed by atoms with E-state index in [2.05, 4.69) is 36.0 Å². The number of nitrogens with zero attached hydrogens (tertiary/aromatic N) is 5. The third-order valence-corrected chi connectivity index (χ3v) is 6.38. The van der Waals surface area contributed by atoms with Gasteiger partial charge in [0.2, 0.25) is 5.95 Å². The lowest BCUT2D eigenvalue weighted by Gasteiger charge is -2.16. The molecule has 1 atom stereocenters. The zero-order valence-electron chi connectivity index (χ0n) is 22.0. The standard InChI is InChI=1S/C26H26F3N8O3P/c1-15(13-38)11-37-12-17(9-32-37)20-7-8-21(22(34-20)24(39)30-2)35-23-19(26(27,28)29)10-31-25(36-23)33-18-5-3-16(4-6-18)14-41-40/h3-10,12,15,38H,11,13-14H2,1-2H3,(H,30,39)(H2,31,33,35,36)/t15-/m1/s1. The van der Waals surface area contributed by atoms with Gasteiger partial charge in [0.05, 0.1) is 23.7 Å². The third kappa shape index (κ3) is 7.41. The smallest absolute Gasteiger partial charge is 0.396 e. The van der Waals surface area contributed by atoms with E-state index in [4.69, 9.17) is 0 Å². The van der Waals surface area contributed by atoms with Gasteiger partial charge in [-0.3, -0.25) is 14.0 Å². The Morgan fingerprint density at radius 3 is 2.51 bits per heavy atom. The molecule has 214 valence electrons. The Hall–Kier alpha value is -4.42. The van der Waals surface area contributed by atoms with Gasteiger partial charge in [0.1, 0.15) is 11.4 Å². The topological polar surface area (TPSA) is 147 Å². The second-order valence-electron chi connectivity index (χ2n) is 9.10. The molecule has 4 aromatic rings. The molecule has 3 aromatic heterocycles. The number of carbonyl (C=O) groups excluding carboxylic acids is 1. The second kappa shape index (κ2) is 12.8. The number of anilines is 4. The average molecular weight is 587 g/mol. The summed E-state index contributed by atoms with van der Waals surface area (Å²) in [6.45, 7) is 2.32. The van der Waals surface area contributed by atoms with Gasteiger partial charge in [-0.1, -0.05) is 19.1 Å². The van der Waals surface area contributed by atoms with Crippen molar-refractivity contribution >= 4 is 37.5 Å². The van der Waals surface area contributed by atoms with Crippen LogP contribution >= 0.6 is 8.46 Å². The molecule has 0 saturated carbocycles. The van der Waals surface area contributed by atoms with Gasteiger partial charge < -0.3 is 21.1 Å². The first-order chi connectivity index (χ1) is 19.6. The van der Waals surface area contributed by atoms with Gasteiger partial charge in [-0.15, -0.1) is 0 Å². The van der Waals surface area contributed by atoms with Crippen LogP contribution in [0.15, 0.2) is 55.0 Å². The molecule has 3 heterocycles. The number of aromatic nitrogens is 5. The molecule has 11 nitrogen and oxygen atoms in total. The number of hydrogen-bond donors (Lipinski definition) is 4. The summed E-state index contributed by atoms with van der Waals surface area (Å²) in [7, 11) is 1.35. The van der Waals surface area contributed by atoms with E-state index >= 15 is 0 Å². The van der Waals surface area contributed by atoms with Crippen LogP contribution in [-0.2, 0) is 23.4 Å². The van der Waals surface area contributed by atoms with Gasteiger partial charge in [0, 0.05) is 43.8 Å². The highest BCUT2D eigenvalue weighted by molar-refractivity contribution is 7.22. The van der Waals surface area contributed by atoms with E-state index in [1.807, 2.05) is 6.92 Å². The number of rotatable bonds is 11. The normalized spacial score (nSPS) is 12.2. The molecule has 0 fully saturated rings. The molecule has 15 heteroatoms. The summed E-state index contributed by atoms with van der Waals surface area (Å²) in [6, 6.07) is 9.74. The van der Waals surface area contributed by atoms with Crippen LogP contribution in [0.5, 0.6) is 0 Å². The first-order valence-electron chi connectivity index (χ1n) is 12.3. The van der Waals surface area contributed by atoms with Crippen molar-refractivity contribution in [2.24, 2.45) is 5.92 Å². The zero-order chi connectivity index (χ0) is 29.6. The molecular weight excluding hydrogens is 560 g/mol. The fraction of sp³-hybridized carbons (Fsp3) is 0.269. The largest absolute Gasteiger partial charge is 0.421 e. The van der Waals surface area contributed by atoms with Crippen LogP contribution < -0.4 is 16.0 Å². The lowest BCUT2D eigenvalue weighted by Crippen LogP contribution is -2.21. The third-order valence-electron chi connectivity index (χ3n) is 5.88. The minimum Gasteiger partial charge on any atom is -0.396 e. The first-order valence-corrected chi connectivity index (χ1v) is 13.3. The molecule has 0 aliphatic carbocycles. The van der Waals surface area contributed by atoms with Crippen molar-refractivity contribution in [2.75, 3.05) is 24.3 Å². The van der Waals surface area contributed by atoms with E-state index in [9.17, 15) is 27.6 Å². The minimum atomic E-state index is -4.79. The number of halogens is 3. The van der Waals surface area contributed by atoms with Crippen LogP contribution in [0.4, 0.5) is 36.3 Å². The van der Waals surface area contributed by atoms with Crippen LogP contribution in [0, 0.1) is 5.92 Å². The Labute approximate surface area is 234 Å². The van der Waals surface area contributed by atoms with E-state index in [1.165, 1.54) is 13.1 Å². The highest BCUT2D eigenvalue weighted by Crippen LogP contribution is 2.36. The molecule has 0 aliphatic heterocycles. The molecule has 0 spiro atoms. The maximum Gasteiger partial charge on any atom is 0.421 e. The lowest BCUT2D eigenvalue weighted by atomic mass is 10.1. The molecule has 0 aliphatic rings. The Balaban J connectivity index is 1.67. The van der Waals surface area contributed by atoms with Gasteiger partial charge in [-0.05, 0) is 35.7 Å². The van der Waals surface area contributed by atoms with Crippen LogP contribution in [0.1, 0.15) is 28.5 Å². The molecule has 0 radical (unpaired) electrons. The van der Waals surface area contributed by atoms with Gasteiger partial charge in [-0.25, -0.2) is 9.97 Å². The Morgan fingerprint density at radius 2 is 1.85 bits per heavy atom. The van der Waals surface area contributed by atoms with E-state index in [0.29, 0.717) is 35.8 Å². The number of alkyl halides is 3. The van der Waals surface area contributed by atoms with Crippen LogP contribution in [0.3, 0.4) is 0 Å². The summed E-state index contributed by atoms with van der Waals surface area (Å²) in [5.74, 6) is -1.36. The van der Waals surface area contributed by atoms with Crippen molar-refractivity contribution < 1.29 is 27.6 Å². The molecule has 0 unspecified atom stereocenters. The molecule has 4 N–H and O–H groups in total. The highest BCUT2D eigenvalue weighted by atomic mass is 31.1. The summed E-state index contributed by atoms with van der Waals surface area (Å²) >= 11 is 0. The number of pyridine rings is 1. The zero-order valence-corrected chi connectivity index (χ0v) is 22.9. The molecule has 0 saturated heterocycles. The molecule has 4 rings (SSSR count). The second-order valence-corrected chi connectivity index (χ2v) is 9.67. The van der Waals surface area contributed by atoms with Crippen molar-refractivity contribution in [3.8, 4) is 11.3 Å². The summed E-state index contributed by atoms with van der Waals surface area (Å²) in [4.78, 5) is 24.9. The summed E-state index contributed by atoms with van der Waals surface area (Å²) in [5.41, 5.74) is 0.969. The van der Waals surface area contributed by atoms with Crippen molar-refractivity contribution in [3.05, 3.63) is 71.8 Å². The van der Waals surface area contributed by atoms with E-state index < -0.39 is 23.5 Å². The monoisotopic (exact) mass is 586 g/mol. The van der Waals surface area contributed by atoms with E-state index in [-0.39, 0.29) is 38.3 Å². The molecule has 41 heavy (non-hydrogen) atoms. The van der Waals surface area contributed by atoms with E-state index in [0.717, 1.165) is 5.56 Å². The Morgan fingerprint density at radius 1 is 1.10 bits per heavy atom. The summed E-state index contributed by atoms with van der Waals surface area (Å²) < 4.78 is 54.0. The molecule has 1 amide bonds. The molecule has 1 aromatic carbocycles. The number of aliphatic hydroxyl groups excluding tert-OH is 1. The highest BCUT2D eigenvalue weighted by Gasteiger charge is 2.36. The van der Waals surface area contributed by atoms with Gasteiger partial charge in [0.15, 0.2) is 14.2 Å². The fourth-order valence-corrected chi connectivity index (χ4v) is 4.11. The Bertz CT molecular complexity index is 1530. The molecular formula is C26H26F3N8O3P. The predicted molar refractivity (Wildman–Crippen MR) is 146 cm³/mol. The van der Waals surface area contributed by atoms with Crippen molar-refractivity contribution in [3.63, 3.8) is 0 Å². The Kier molecular flexibility index (Phi) is 9.25.